The van der Waals surface area contributed by atoms with E-state index in [1.165, 1.54) is 0 Å². The fourth-order valence-corrected chi connectivity index (χ4v) is 4.11. The van der Waals surface area contributed by atoms with Crippen molar-refractivity contribution in [1.82, 2.24) is 15.1 Å². The molecule has 1 aromatic rings. The number of benzene rings is 1. The van der Waals surface area contributed by atoms with Gasteiger partial charge in [0, 0.05) is 13.1 Å². The smallest absolute Gasteiger partial charge is 0.325 e. The Balaban J connectivity index is 1.55. The number of likely N-dealkylation sites (tertiary alicyclic amines) is 1. The van der Waals surface area contributed by atoms with Gasteiger partial charge in [0.05, 0.1) is 0 Å². The molecule has 2 aliphatic heterocycles. The van der Waals surface area contributed by atoms with Gasteiger partial charge < -0.3 is 10.2 Å². The summed E-state index contributed by atoms with van der Waals surface area (Å²) < 4.78 is 0. The molecule has 0 saturated carbocycles. The van der Waals surface area contributed by atoms with E-state index < -0.39 is 11.6 Å². The molecule has 1 atom stereocenters. The van der Waals surface area contributed by atoms with Gasteiger partial charge in [0.2, 0.25) is 5.91 Å². The number of nitrogens with zero attached hydrogens (tertiary/aromatic N) is 2. The molecule has 1 aliphatic carbocycles. The Morgan fingerprint density at radius 3 is 2.67 bits per heavy atom. The molecule has 2 heterocycles. The molecule has 4 rings (SSSR count). The van der Waals surface area contributed by atoms with Gasteiger partial charge in [-0.2, -0.15) is 0 Å². The van der Waals surface area contributed by atoms with E-state index in [4.69, 9.17) is 0 Å². The molecule has 24 heavy (non-hydrogen) atoms. The number of rotatable bonds is 2. The van der Waals surface area contributed by atoms with Crippen LogP contribution in [0.1, 0.15) is 36.8 Å². The molecule has 6 heteroatoms. The lowest BCUT2D eigenvalue weighted by Gasteiger charge is -2.28. The first-order valence-corrected chi connectivity index (χ1v) is 8.62. The zero-order valence-corrected chi connectivity index (χ0v) is 13.6. The average molecular weight is 327 g/mol. The number of nitrogens with one attached hydrogen (secondary N) is 1. The highest BCUT2D eigenvalue weighted by Gasteiger charge is 2.55. The predicted octanol–water partition coefficient (Wildman–Crippen LogP) is 1.39. The molecule has 2 saturated heterocycles. The van der Waals surface area contributed by atoms with Crippen molar-refractivity contribution in [3.05, 3.63) is 35.4 Å². The maximum Gasteiger partial charge on any atom is 0.325 e. The quantitative estimate of drug-likeness (QED) is 0.835. The molecule has 0 radical (unpaired) electrons. The lowest BCUT2D eigenvalue weighted by Crippen LogP contribution is -2.46. The maximum atomic E-state index is 13.0. The second kappa shape index (κ2) is 5.61. The first kappa shape index (κ1) is 15.2. The Hall–Kier alpha value is -2.37. The third-order valence-electron chi connectivity index (χ3n) is 5.42. The minimum Gasteiger partial charge on any atom is -0.341 e. The van der Waals surface area contributed by atoms with E-state index in [-0.39, 0.29) is 18.4 Å². The molecule has 1 unspecified atom stereocenters. The van der Waals surface area contributed by atoms with Gasteiger partial charge in [-0.15, -0.1) is 0 Å². The second-order valence-corrected chi connectivity index (χ2v) is 6.83. The lowest BCUT2D eigenvalue weighted by atomic mass is 9.92. The molecule has 6 nitrogen and oxygen atoms in total. The summed E-state index contributed by atoms with van der Waals surface area (Å²) in [6.45, 7) is 1.28. The largest absolute Gasteiger partial charge is 0.341 e. The highest BCUT2D eigenvalue weighted by atomic mass is 16.2. The van der Waals surface area contributed by atoms with Gasteiger partial charge in [-0.25, -0.2) is 4.79 Å². The molecule has 1 N–H and O–H groups in total. The molecular formula is C18H21N3O3. The zero-order valence-electron chi connectivity index (χ0n) is 13.6. The third-order valence-corrected chi connectivity index (χ3v) is 5.42. The first-order chi connectivity index (χ1) is 11.6. The summed E-state index contributed by atoms with van der Waals surface area (Å²) in [7, 11) is 0. The van der Waals surface area contributed by atoms with Crippen molar-refractivity contribution >= 4 is 17.8 Å². The van der Waals surface area contributed by atoms with Gasteiger partial charge in [-0.05, 0) is 43.2 Å². The van der Waals surface area contributed by atoms with Crippen LogP contribution in [0.2, 0.25) is 0 Å². The normalized spacial score (nSPS) is 26.0. The summed E-state index contributed by atoms with van der Waals surface area (Å²) in [4.78, 5) is 40.7. The van der Waals surface area contributed by atoms with Gasteiger partial charge >= 0.3 is 6.03 Å². The van der Waals surface area contributed by atoms with Crippen LogP contribution in [-0.2, 0) is 21.5 Å². The van der Waals surface area contributed by atoms with Crippen LogP contribution >= 0.6 is 0 Å². The number of carbonyl (C=O) groups is 3. The van der Waals surface area contributed by atoms with E-state index in [1.807, 2.05) is 24.3 Å². The first-order valence-electron chi connectivity index (χ1n) is 8.62. The molecule has 2 fully saturated rings. The topological polar surface area (TPSA) is 69.7 Å². The number of carbonyl (C=O) groups excluding carboxylic acids is 3. The van der Waals surface area contributed by atoms with E-state index in [0.29, 0.717) is 6.42 Å². The van der Waals surface area contributed by atoms with Gasteiger partial charge in [0.15, 0.2) is 0 Å². The molecule has 126 valence electrons. The molecule has 1 aromatic carbocycles. The minimum atomic E-state index is -0.976. The number of hydrogen-bond acceptors (Lipinski definition) is 3. The van der Waals surface area contributed by atoms with Crippen molar-refractivity contribution < 1.29 is 14.4 Å². The number of urea groups is 1. The predicted molar refractivity (Wildman–Crippen MR) is 87.1 cm³/mol. The van der Waals surface area contributed by atoms with Crippen molar-refractivity contribution in [3.8, 4) is 0 Å². The highest BCUT2D eigenvalue weighted by Crippen LogP contribution is 2.41. The Morgan fingerprint density at radius 2 is 1.88 bits per heavy atom. The van der Waals surface area contributed by atoms with E-state index in [0.717, 1.165) is 54.8 Å². The lowest BCUT2D eigenvalue weighted by molar-refractivity contribution is -0.139. The van der Waals surface area contributed by atoms with Crippen LogP contribution in [0.5, 0.6) is 0 Å². The van der Waals surface area contributed by atoms with Crippen LogP contribution in [0.25, 0.3) is 0 Å². The van der Waals surface area contributed by atoms with Crippen molar-refractivity contribution in [2.24, 2.45) is 0 Å². The van der Waals surface area contributed by atoms with Gasteiger partial charge in [0.25, 0.3) is 5.91 Å². The van der Waals surface area contributed by atoms with Crippen molar-refractivity contribution in [3.63, 3.8) is 0 Å². The Bertz CT molecular complexity index is 711. The second-order valence-electron chi connectivity index (χ2n) is 6.83. The van der Waals surface area contributed by atoms with E-state index in [2.05, 4.69) is 5.32 Å². The molecule has 1 spiro atoms. The van der Waals surface area contributed by atoms with Crippen LogP contribution in [0.15, 0.2) is 24.3 Å². The maximum absolute atomic E-state index is 13.0. The van der Waals surface area contributed by atoms with E-state index >= 15 is 0 Å². The summed E-state index contributed by atoms with van der Waals surface area (Å²) in [5.41, 5.74) is 0.988. The molecular weight excluding hydrogens is 306 g/mol. The minimum absolute atomic E-state index is 0.137. The summed E-state index contributed by atoms with van der Waals surface area (Å²) >= 11 is 0. The van der Waals surface area contributed by atoms with Gasteiger partial charge in [-0.1, -0.05) is 24.3 Å². The Labute approximate surface area is 140 Å². The summed E-state index contributed by atoms with van der Waals surface area (Å²) in [6, 6.07) is 7.26. The van der Waals surface area contributed by atoms with Crippen LogP contribution in [0, 0.1) is 0 Å². The number of imide groups is 1. The molecule has 4 amide bonds. The number of piperidine rings is 1. The number of aryl methyl sites for hydroxylation is 1. The SMILES string of the molecule is O=C(CN1C(=O)NC2(CCc3ccccc32)C1=O)N1CCCCC1. The average Bonchev–Trinajstić information content (AvgIpc) is 3.10. The molecule has 0 aromatic heterocycles. The highest BCUT2D eigenvalue weighted by molar-refractivity contribution is 6.09. The molecule has 3 aliphatic rings. The summed E-state index contributed by atoms with van der Waals surface area (Å²) in [6.07, 6.45) is 4.43. The van der Waals surface area contributed by atoms with Crippen molar-refractivity contribution in [2.45, 2.75) is 37.6 Å². The molecule has 0 bridgehead atoms. The van der Waals surface area contributed by atoms with E-state index in [1.54, 1.807) is 4.90 Å². The van der Waals surface area contributed by atoms with Crippen molar-refractivity contribution in [1.29, 1.82) is 0 Å². The fourth-order valence-electron chi connectivity index (χ4n) is 4.11. The van der Waals surface area contributed by atoms with Crippen LogP contribution < -0.4 is 5.32 Å². The summed E-state index contributed by atoms with van der Waals surface area (Å²) in [5, 5.41) is 2.86. The van der Waals surface area contributed by atoms with E-state index in [9.17, 15) is 14.4 Å². The van der Waals surface area contributed by atoms with Crippen LogP contribution in [0.3, 0.4) is 0 Å². The third kappa shape index (κ3) is 2.20. The Kier molecular flexibility index (Phi) is 3.55. The van der Waals surface area contributed by atoms with Gasteiger partial charge in [0.1, 0.15) is 12.1 Å². The standard InChI is InChI=1S/C18H21N3O3/c22-15(20-10-4-1-5-11-20)12-21-16(23)18(19-17(21)24)9-8-13-6-2-3-7-14(13)18/h2-3,6-7H,1,4-5,8-12H2,(H,19,24). The van der Waals surface area contributed by atoms with Gasteiger partial charge in [-0.3, -0.25) is 14.5 Å². The zero-order chi connectivity index (χ0) is 16.7. The van der Waals surface area contributed by atoms with Crippen LogP contribution in [-0.4, -0.2) is 47.3 Å². The number of amides is 4. The monoisotopic (exact) mass is 327 g/mol. The fraction of sp³-hybridized carbons (Fsp3) is 0.500. The summed E-state index contributed by atoms with van der Waals surface area (Å²) in [5.74, 6) is -0.427. The number of fused-ring (bicyclic) bond motifs is 2. The van der Waals surface area contributed by atoms with Crippen LogP contribution in [0.4, 0.5) is 4.79 Å². The van der Waals surface area contributed by atoms with Crippen molar-refractivity contribution in [2.75, 3.05) is 19.6 Å². The Morgan fingerprint density at radius 1 is 1.12 bits per heavy atom. The number of hydrogen-bond donors (Lipinski definition) is 1.